The number of benzene rings is 5. The lowest BCUT2D eigenvalue weighted by molar-refractivity contribution is 0.869. The molecule has 0 radical (unpaired) electrons. The number of para-hydroxylation sites is 2. The summed E-state index contributed by atoms with van der Waals surface area (Å²) in [4.78, 5) is 0. The molecule has 0 saturated heterocycles. The van der Waals surface area contributed by atoms with Crippen molar-refractivity contribution in [3.05, 3.63) is 155 Å². The Labute approximate surface area is 279 Å². The van der Waals surface area contributed by atoms with E-state index in [1.165, 1.54) is 33.8 Å². The van der Waals surface area contributed by atoms with Crippen LogP contribution in [0, 0.1) is 22.7 Å². The van der Waals surface area contributed by atoms with E-state index in [-0.39, 0.29) is 0 Å². The van der Waals surface area contributed by atoms with Crippen LogP contribution in [0.1, 0.15) is 46.5 Å². The minimum absolute atomic E-state index is 0.594. The topological polar surface area (TPSA) is 57.4 Å². The van der Waals surface area contributed by atoms with Crippen LogP contribution in [0.4, 0.5) is 0 Å². The molecule has 226 valence electrons. The largest absolute Gasteiger partial charge is 0.313 e. The Morgan fingerprint density at radius 3 is 2.27 bits per heavy atom. The summed E-state index contributed by atoms with van der Waals surface area (Å²) in [6, 6.07) is 42.3. The lowest BCUT2D eigenvalue weighted by Crippen LogP contribution is -2.06. The molecule has 0 spiro atoms. The number of hydrogen-bond donors (Lipinski definition) is 0. The predicted octanol–water partition coefficient (Wildman–Crippen LogP) is 10.6. The summed E-state index contributed by atoms with van der Waals surface area (Å²) in [5.74, 6) is 0. The van der Waals surface area contributed by atoms with Crippen molar-refractivity contribution in [2.45, 2.75) is 25.7 Å². The van der Waals surface area contributed by atoms with Crippen molar-refractivity contribution < 1.29 is 0 Å². The zero-order valence-electron chi connectivity index (χ0n) is 26.3. The van der Waals surface area contributed by atoms with Gasteiger partial charge < -0.3 is 9.13 Å². The molecule has 0 bridgehead atoms. The van der Waals surface area contributed by atoms with Crippen LogP contribution in [0.15, 0.2) is 121 Å². The maximum Gasteiger partial charge on any atom is 0.101 e. The first kappa shape index (κ1) is 27.9. The number of hydrogen-bond acceptors (Lipinski definition) is 2. The molecule has 0 aliphatic heterocycles. The molecule has 5 aromatic carbocycles. The van der Waals surface area contributed by atoms with Crippen molar-refractivity contribution in [2.75, 3.05) is 0 Å². The molecule has 0 fully saturated rings. The monoisotopic (exact) mass is 614 g/mol. The summed E-state index contributed by atoms with van der Waals surface area (Å²) in [7, 11) is 0. The van der Waals surface area contributed by atoms with Gasteiger partial charge in [-0.25, -0.2) is 0 Å². The van der Waals surface area contributed by atoms with E-state index >= 15 is 0 Å². The van der Waals surface area contributed by atoms with Gasteiger partial charge in [-0.05, 0) is 108 Å². The summed E-state index contributed by atoms with van der Waals surface area (Å²) in [6.07, 6.45) is 13.5. The van der Waals surface area contributed by atoms with Crippen LogP contribution in [-0.2, 0) is 12.8 Å². The first-order chi connectivity index (χ1) is 23.7. The molecule has 2 aliphatic carbocycles. The fourth-order valence-corrected chi connectivity index (χ4v) is 7.78. The Morgan fingerprint density at radius 2 is 1.35 bits per heavy atom. The molecule has 48 heavy (non-hydrogen) atoms. The molecule has 2 aromatic heterocycles. The van der Waals surface area contributed by atoms with Crippen LogP contribution in [0.3, 0.4) is 0 Å². The van der Waals surface area contributed by atoms with Gasteiger partial charge in [0.05, 0.1) is 39.6 Å². The number of aromatic nitrogens is 2. The molecular weight excluding hydrogens is 585 g/mol. The van der Waals surface area contributed by atoms with Gasteiger partial charge >= 0.3 is 0 Å². The average molecular weight is 615 g/mol. The van der Waals surface area contributed by atoms with Gasteiger partial charge in [-0.15, -0.1) is 0 Å². The first-order valence-electron chi connectivity index (χ1n) is 16.5. The fraction of sp³-hybridized carbons (Fsp3) is 0.0909. The van der Waals surface area contributed by atoms with Crippen LogP contribution < -0.4 is 0 Å². The molecule has 0 atom stereocenters. The SMILES string of the molecule is N#Cc1ccc2c(c1)c1ccccc1n2-c1cc(-c2cccc(-c3ccccc3-n3c4c(c5c3CCC=C5)CCC=C4)c2)ccc1C#N. The van der Waals surface area contributed by atoms with Crippen LogP contribution in [0.5, 0.6) is 0 Å². The van der Waals surface area contributed by atoms with Gasteiger partial charge in [0.25, 0.3) is 0 Å². The standard InChI is InChI=1S/C44H30N4/c45-27-29-20-23-43-38(24-29)37-15-4-8-19-42(37)48(43)44-26-31(21-22-33(44)28-46)30-10-9-11-32(25-30)34-12-1-5-16-39(34)47-40-17-6-2-13-35(40)36-14-3-7-18-41(36)47/h1-2,4-5,7-13,15-16,18-26H,3,6,14,17H2. The lowest BCUT2D eigenvalue weighted by atomic mass is 9.96. The Hall–Kier alpha value is -6.36. The number of rotatable bonds is 4. The molecule has 0 saturated carbocycles. The van der Waals surface area contributed by atoms with Crippen molar-refractivity contribution in [1.29, 1.82) is 10.5 Å². The highest BCUT2D eigenvalue weighted by Gasteiger charge is 2.25. The van der Waals surface area contributed by atoms with Crippen molar-refractivity contribution in [2.24, 2.45) is 0 Å². The number of fused-ring (bicyclic) bond motifs is 6. The Bertz CT molecular complexity index is 2590. The molecule has 4 heteroatoms. The Kier molecular flexibility index (Phi) is 6.49. The highest BCUT2D eigenvalue weighted by atomic mass is 15.0. The Morgan fingerprint density at radius 1 is 0.562 bits per heavy atom. The van der Waals surface area contributed by atoms with Gasteiger partial charge in [0, 0.05) is 27.7 Å². The normalized spacial score (nSPS) is 13.3. The second-order valence-corrected chi connectivity index (χ2v) is 12.6. The summed E-state index contributed by atoms with van der Waals surface area (Å²) < 4.78 is 4.67. The zero-order chi connectivity index (χ0) is 32.2. The van der Waals surface area contributed by atoms with Crippen molar-refractivity contribution >= 4 is 34.0 Å². The molecule has 0 unspecified atom stereocenters. The van der Waals surface area contributed by atoms with Gasteiger partial charge in [0.1, 0.15) is 6.07 Å². The minimum Gasteiger partial charge on any atom is -0.313 e. The minimum atomic E-state index is 0.594. The third-order valence-corrected chi connectivity index (χ3v) is 9.94. The fourth-order valence-electron chi connectivity index (χ4n) is 7.78. The van der Waals surface area contributed by atoms with Crippen molar-refractivity contribution in [1.82, 2.24) is 9.13 Å². The summed E-state index contributed by atoms with van der Waals surface area (Å²) in [5, 5.41) is 21.9. The van der Waals surface area contributed by atoms with E-state index in [9.17, 15) is 10.5 Å². The summed E-state index contributed by atoms with van der Waals surface area (Å²) in [5.41, 5.74) is 15.3. The van der Waals surface area contributed by atoms with Crippen LogP contribution in [-0.4, -0.2) is 9.13 Å². The lowest BCUT2D eigenvalue weighted by Gasteiger charge is -2.19. The van der Waals surface area contributed by atoms with Crippen LogP contribution in [0.2, 0.25) is 0 Å². The molecule has 0 amide bonds. The van der Waals surface area contributed by atoms with Crippen molar-refractivity contribution in [3.63, 3.8) is 0 Å². The van der Waals surface area contributed by atoms with E-state index in [1.54, 1.807) is 0 Å². The maximum atomic E-state index is 10.3. The predicted molar refractivity (Wildman–Crippen MR) is 195 cm³/mol. The van der Waals surface area contributed by atoms with E-state index in [0.717, 1.165) is 69.9 Å². The third kappa shape index (κ3) is 4.28. The highest BCUT2D eigenvalue weighted by Crippen LogP contribution is 2.40. The molecule has 0 N–H and O–H groups in total. The highest BCUT2D eigenvalue weighted by molar-refractivity contribution is 6.10. The summed E-state index contributed by atoms with van der Waals surface area (Å²) in [6.45, 7) is 0. The molecule has 2 aliphatic rings. The van der Waals surface area contributed by atoms with Crippen LogP contribution >= 0.6 is 0 Å². The number of nitriles is 2. The maximum absolute atomic E-state index is 10.3. The Balaban J connectivity index is 1.20. The van der Waals surface area contributed by atoms with E-state index in [1.807, 2.05) is 42.5 Å². The second-order valence-electron chi connectivity index (χ2n) is 12.6. The molecule has 4 nitrogen and oxygen atoms in total. The van der Waals surface area contributed by atoms with E-state index in [4.69, 9.17) is 0 Å². The van der Waals surface area contributed by atoms with Gasteiger partial charge in [-0.1, -0.05) is 78.9 Å². The van der Waals surface area contributed by atoms with E-state index in [0.29, 0.717) is 11.1 Å². The first-order valence-corrected chi connectivity index (χ1v) is 16.5. The van der Waals surface area contributed by atoms with Gasteiger partial charge in [-0.2, -0.15) is 10.5 Å². The number of nitrogens with zero attached hydrogens (tertiary/aromatic N) is 4. The van der Waals surface area contributed by atoms with E-state index in [2.05, 4.69) is 112 Å². The molecular formula is C44H30N4. The third-order valence-electron chi connectivity index (χ3n) is 9.94. The van der Waals surface area contributed by atoms with Gasteiger partial charge in [-0.3, -0.25) is 0 Å². The average Bonchev–Trinajstić information content (AvgIpc) is 3.67. The van der Waals surface area contributed by atoms with Crippen molar-refractivity contribution in [3.8, 4) is 45.8 Å². The number of allylic oxidation sites excluding steroid dienone is 2. The van der Waals surface area contributed by atoms with E-state index < -0.39 is 0 Å². The van der Waals surface area contributed by atoms with Crippen LogP contribution in [0.25, 0.3) is 67.6 Å². The summed E-state index contributed by atoms with van der Waals surface area (Å²) >= 11 is 0. The quantitative estimate of drug-likeness (QED) is 0.198. The smallest absolute Gasteiger partial charge is 0.101 e. The van der Waals surface area contributed by atoms with Gasteiger partial charge in [0.2, 0.25) is 0 Å². The molecule has 9 rings (SSSR count). The second kappa shape index (κ2) is 11.2. The molecule has 2 heterocycles. The van der Waals surface area contributed by atoms with Gasteiger partial charge in [0.15, 0.2) is 0 Å². The zero-order valence-corrected chi connectivity index (χ0v) is 26.3. The molecule has 7 aromatic rings.